The van der Waals surface area contributed by atoms with Gasteiger partial charge < -0.3 is 4.90 Å². The van der Waals surface area contributed by atoms with Crippen LogP contribution in [0.2, 0.25) is 0 Å². The Morgan fingerprint density at radius 3 is 2.57 bits per heavy atom. The lowest BCUT2D eigenvalue weighted by Crippen LogP contribution is -2.32. The van der Waals surface area contributed by atoms with Gasteiger partial charge in [-0.1, -0.05) is 6.92 Å². The molecule has 128 valence electrons. The van der Waals surface area contributed by atoms with E-state index in [-0.39, 0.29) is 16.8 Å². The van der Waals surface area contributed by atoms with Crippen LogP contribution < -0.4 is 4.72 Å². The van der Waals surface area contributed by atoms with Gasteiger partial charge in [0.05, 0.1) is 10.5 Å². The van der Waals surface area contributed by atoms with Crippen LogP contribution in [0, 0.1) is 0 Å². The predicted octanol–water partition coefficient (Wildman–Crippen LogP) is 2.72. The first-order chi connectivity index (χ1) is 10.9. The number of amides is 1. The maximum atomic E-state index is 12.7. The molecule has 1 aromatic carbocycles. The number of nitrogens with one attached hydrogen (secondary N) is 1. The average molecular weight is 357 g/mol. The van der Waals surface area contributed by atoms with Crippen LogP contribution in [0.25, 0.3) is 0 Å². The Kier molecular flexibility index (Phi) is 6.11. The van der Waals surface area contributed by atoms with Crippen molar-refractivity contribution in [3.8, 4) is 0 Å². The van der Waals surface area contributed by atoms with Crippen LogP contribution in [0.3, 0.4) is 0 Å². The first-order valence-corrected chi connectivity index (χ1v) is 10.6. The van der Waals surface area contributed by atoms with Gasteiger partial charge in [-0.3, -0.25) is 4.79 Å². The summed E-state index contributed by atoms with van der Waals surface area (Å²) in [6, 6.07) is 4.66. The van der Waals surface area contributed by atoms with Crippen molar-refractivity contribution < 1.29 is 13.2 Å². The molecule has 0 aliphatic carbocycles. The summed E-state index contributed by atoms with van der Waals surface area (Å²) in [5.41, 5.74) is 0.478. The lowest BCUT2D eigenvalue weighted by atomic mass is 10.2. The van der Waals surface area contributed by atoms with Crippen LogP contribution >= 0.6 is 11.8 Å². The highest BCUT2D eigenvalue weighted by Crippen LogP contribution is 2.26. The number of nitrogens with zero attached hydrogens (tertiary/aromatic N) is 1. The maximum absolute atomic E-state index is 12.7. The van der Waals surface area contributed by atoms with E-state index in [4.69, 9.17) is 0 Å². The zero-order chi connectivity index (χ0) is 17.0. The SMILES string of the molecule is CCC(C)NS(=O)(=O)c1ccc(SC)c(C(=O)N2CCCC2)c1. The minimum atomic E-state index is -3.61. The summed E-state index contributed by atoms with van der Waals surface area (Å²) < 4.78 is 27.5. The quantitative estimate of drug-likeness (QED) is 0.796. The molecule has 7 heteroatoms. The topological polar surface area (TPSA) is 66.5 Å². The number of benzene rings is 1. The molecule has 0 saturated carbocycles. The lowest BCUT2D eigenvalue weighted by molar-refractivity contribution is 0.0789. The monoisotopic (exact) mass is 356 g/mol. The zero-order valence-corrected chi connectivity index (χ0v) is 15.5. The van der Waals surface area contributed by atoms with E-state index in [1.165, 1.54) is 17.8 Å². The Hall–Kier alpha value is -1.05. The van der Waals surface area contributed by atoms with Gasteiger partial charge in [-0.15, -0.1) is 11.8 Å². The van der Waals surface area contributed by atoms with Crippen molar-refractivity contribution in [3.63, 3.8) is 0 Å². The Balaban J connectivity index is 2.36. The highest BCUT2D eigenvalue weighted by atomic mass is 32.2. The largest absolute Gasteiger partial charge is 0.339 e. The van der Waals surface area contributed by atoms with Gasteiger partial charge in [-0.2, -0.15) is 0 Å². The fourth-order valence-electron chi connectivity index (χ4n) is 2.53. The molecule has 1 saturated heterocycles. The molecule has 1 aliphatic rings. The Morgan fingerprint density at radius 1 is 1.35 bits per heavy atom. The molecule has 0 bridgehead atoms. The van der Waals surface area contributed by atoms with Crippen LogP contribution in [0.4, 0.5) is 0 Å². The van der Waals surface area contributed by atoms with Gasteiger partial charge in [0, 0.05) is 24.0 Å². The third kappa shape index (κ3) is 4.28. The molecule has 0 aromatic heterocycles. The molecule has 1 heterocycles. The van der Waals surface area contributed by atoms with Gasteiger partial charge in [0.1, 0.15) is 0 Å². The first-order valence-electron chi connectivity index (χ1n) is 7.88. The molecule has 0 spiro atoms. The first kappa shape index (κ1) is 18.3. The molecule has 1 aromatic rings. The minimum absolute atomic E-state index is 0.0764. The second-order valence-corrected chi connectivity index (χ2v) is 8.35. The molecule has 2 rings (SSSR count). The summed E-state index contributed by atoms with van der Waals surface area (Å²) in [7, 11) is -3.61. The third-order valence-electron chi connectivity index (χ3n) is 4.07. The molecule has 0 radical (unpaired) electrons. The minimum Gasteiger partial charge on any atom is -0.339 e. The standard InChI is InChI=1S/C16H24N2O3S2/c1-4-12(2)17-23(20,21)13-7-8-15(22-3)14(11-13)16(19)18-9-5-6-10-18/h7-8,11-12,17H,4-6,9-10H2,1-3H3. The molecule has 1 fully saturated rings. The van der Waals surface area contributed by atoms with E-state index in [9.17, 15) is 13.2 Å². The number of carbonyl (C=O) groups excluding carboxylic acids is 1. The van der Waals surface area contributed by atoms with Crippen LogP contribution in [-0.4, -0.2) is 44.6 Å². The molecule has 1 aliphatic heterocycles. The number of sulfonamides is 1. The van der Waals surface area contributed by atoms with Crippen molar-refractivity contribution in [2.45, 2.75) is 48.9 Å². The molecule has 5 nitrogen and oxygen atoms in total. The van der Waals surface area contributed by atoms with E-state index in [0.717, 1.165) is 30.8 Å². The van der Waals surface area contributed by atoms with E-state index < -0.39 is 10.0 Å². The van der Waals surface area contributed by atoms with Crippen molar-refractivity contribution in [3.05, 3.63) is 23.8 Å². The molecule has 1 N–H and O–H groups in total. The van der Waals surface area contributed by atoms with Gasteiger partial charge in [0.2, 0.25) is 10.0 Å². The van der Waals surface area contributed by atoms with Gasteiger partial charge in [0.15, 0.2) is 0 Å². The van der Waals surface area contributed by atoms with Crippen molar-refractivity contribution in [2.75, 3.05) is 19.3 Å². The van der Waals surface area contributed by atoms with Gasteiger partial charge in [-0.25, -0.2) is 13.1 Å². The summed E-state index contributed by atoms with van der Waals surface area (Å²) in [6.07, 6.45) is 4.62. The van der Waals surface area contributed by atoms with Crippen LogP contribution in [0.1, 0.15) is 43.5 Å². The highest BCUT2D eigenvalue weighted by molar-refractivity contribution is 7.98. The van der Waals surface area contributed by atoms with Crippen LogP contribution in [0.15, 0.2) is 28.0 Å². The molecule has 23 heavy (non-hydrogen) atoms. The molecule has 1 atom stereocenters. The number of hydrogen-bond donors (Lipinski definition) is 1. The maximum Gasteiger partial charge on any atom is 0.255 e. The highest BCUT2D eigenvalue weighted by Gasteiger charge is 2.24. The number of likely N-dealkylation sites (tertiary alicyclic amines) is 1. The summed E-state index contributed by atoms with van der Waals surface area (Å²) >= 11 is 1.46. The van der Waals surface area contributed by atoms with Gasteiger partial charge >= 0.3 is 0 Å². The Morgan fingerprint density at radius 2 is 2.00 bits per heavy atom. The summed E-state index contributed by atoms with van der Waals surface area (Å²) in [5, 5.41) is 0. The normalized spacial score (nSPS) is 16.6. The number of carbonyl (C=O) groups is 1. The molecule has 1 amide bonds. The lowest BCUT2D eigenvalue weighted by Gasteiger charge is -2.18. The Bertz CT molecular complexity index is 668. The fourth-order valence-corrected chi connectivity index (χ4v) is 4.45. The smallest absolute Gasteiger partial charge is 0.255 e. The second-order valence-electron chi connectivity index (χ2n) is 5.79. The van der Waals surface area contributed by atoms with Crippen molar-refractivity contribution in [1.82, 2.24) is 9.62 Å². The zero-order valence-electron chi connectivity index (χ0n) is 13.8. The molecular formula is C16H24N2O3S2. The number of rotatable bonds is 6. The summed E-state index contributed by atoms with van der Waals surface area (Å²) in [4.78, 5) is 15.4. The van der Waals surface area contributed by atoms with Crippen molar-refractivity contribution in [2.24, 2.45) is 0 Å². The third-order valence-corrected chi connectivity index (χ3v) is 6.46. The van der Waals surface area contributed by atoms with E-state index >= 15 is 0 Å². The van der Waals surface area contributed by atoms with Gasteiger partial charge in [0.25, 0.3) is 5.91 Å². The fraction of sp³-hybridized carbons (Fsp3) is 0.562. The van der Waals surface area contributed by atoms with E-state index in [2.05, 4.69) is 4.72 Å². The number of thioether (sulfide) groups is 1. The van der Waals surface area contributed by atoms with E-state index in [1.807, 2.05) is 20.1 Å². The number of hydrogen-bond acceptors (Lipinski definition) is 4. The van der Waals surface area contributed by atoms with Crippen molar-refractivity contribution in [1.29, 1.82) is 0 Å². The molecular weight excluding hydrogens is 332 g/mol. The summed E-state index contributed by atoms with van der Waals surface area (Å²) in [6.45, 7) is 5.24. The van der Waals surface area contributed by atoms with Crippen LogP contribution in [-0.2, 0) is 10.0 Å². The second kappa shape index (κ2) is 7.68. The predicted molar refractivity (Wildman–Crippen MR) is 93.4 cm³/mol. The molecule has 1 unspecified atom stereocenters. The van der Waals surface area contributed by atoms with Gasteiger partial charge in [-0.05, 0) is 50.6 Å². The van der Waals surface area contributed by atoms with E-state index in [1.54, 1.807) is 17.0 Å². The Labute approximate surface area is 142 Å². The summed E-state index contributed by atoms with van der Waals surface area (Å²) in [5.74, 6) is -0.0764. The average Bonchev–Trinajstić information content (AvgIpc) is 3.07. The van der Waals surface area contributed by atoms with Crippen LogP contribution in [0.5, 0.6) is 0 Å². The van der Waals surface area contributed by atoms with E-state index in [0.29, 0.717) is 12.0 Å². The van der Waals surface area contributed by atoms with Crippen molar-refractivity contribution >= 4 is 27.7 Å².